The zero-order chi connectivity index (χ0) is 9.97. The van der Waals surface area contributed by atoms with Crippen molar-refractivity contribution in [1.29, 1.82) is 0 Å². The topological polar surface area (TPSA) is 25.4 Å². The van der Waals surface area contributed by atoms with E-state index in [0.717, 1.165) is 11.6 Å². The maximum Gasteiger partial charge on any atom is 0.273 e. The first-order chi connectivity index (χ1) is 6.77. The first kappa shape index (κ1) is 9.93. The molecule has 0 bridgehead atoms. The van der Waals surface area contributed by atoms with Crippen molar-refractivity contribution in [3.8, 4) is 5.19 Å². The van der Waals surface area contributed by atoms with Gasteiger partial charge >= 0.3 is 0 Å². The molecule has 1 aliphatic rings. The van der Waals surface area contributed by atoms with E-state index >= 15 is 0 Å². The number of rotatable bonds is 3. The molecule has 1 aromatic rings. The summed E-state index contributed by atoms with van der Waals surface area (Å²) in [5.41, 5.74) is 0. The van der Waals surface area contributed by atoms with Crippen molar-refractivity contribution in [2.45, 2.75) is 31.4 Å². The summed E-state index contributed by atoms with van der Waals surface area (Å²) in [7, 11) is 4.24. The average Bonchev–Trinajstić information content (AvgIpc) is 2.75. The molecule has 4 heteroatoms. The highest BCUT2D eigenvalue weighted by Gasteiger charge is 2.30. The summed E-state index contributed by atoms with van der Waals surface area (Å²) >= 11 is 1.57. The summed E-state index contributed by atoms with van der Waals surface area (Å²) < 4.78 is 5.85. The van der Waals surface area contributed by atoms with Crippen molar-refractivity contribution in [2.24, 2.45) is 0 Å². The van der Waals surface area contributed by atoms with Gasteiger partial charge in [0, 0.05) is 17.6 Å². The second kappa shape index (κ2) is 4.28. The van der Waals surface area contributed by atoms with Crippen LogP contribution in [-0.4, -0.2) is 36.1 Å². The van der Waals surface area contributed by atoms with Gasteiger partial charge in [-0.15, -0.1) is 0 Å². The van der Waals surface area contributed by atoms with Crippen LogP contribution < -0.4 is 4.74 Å². The Balaban J connectivity index is 1.97. The maximum absolute atomic E-state index is 5.85. The molecular weight excluding hydrogens is 196 g/mol. The predicted molar refractivity (Wildman–Crippen MR) is 57.9 cm³/mol. The third-order valence-corrected chi connectivity index (χ3v) is 3.40. The van der Waals surface area contributed by atoms with Crippen LogP contribution in [0.15, 0.2) is 11.6 Å². The Bertz CT molecular complexity index is 274. The van der Waals surface area contributed by atoms with Crippen LogP contribution in [0, 0.1) is 0 Å². The highest BCUT2D eigenvalue weighted by Crippen LogP contribution is 2.27. The van der Waals surface area contributed by atoms with Gasteiger partial charge in [-0.05, 0) is 33.4 Å². The van der Waals surface area contributed by atoms with E-state index in [1.165, 1.54) is 12.8 Å². The van der Waals surface area contributed by atoms with Gasteiger partial charge in [0.1, 0.15) is 6.10 Å². The molecule has 0 radical (unpaired) electrons. The van der Waals surface area contributed by atoms with Crippen LogP contribution >= 0.6 is 11.3 Å². The lowest BCUT2D eigenvalue weighted by molar-refractivity contribution is 0.121. The number of likely N-dealkylation sites (N-methyl/N-ethyl adjacent to an activating group) is 1. The zero-order valence-corrected chi connectivity index (χ0v) is 9.46. The summed E-state index contributed by atoms with van der Waals surface area (Å²) in [6.45, 7) is 0. The Morgan fingerprint density at radius 1 is 1.50 bits per heavy atom. The molecule has 0 aliphatic heterocycles. The van der Waals surface area contributed by atoms with Gasteiger partial charge in [-0.25, -0.2) is 4.98 Å². The quantitative estimate of drug-likeness (QED) is 0.766. The lowest BCUT2D eigenvalue weighted by Gasteiger charge is -2.25. The molecule has 1 heterocycles. The van der Waals surface area contributed by atoms with Crippen LogP contribution in [0.4, 0.5) is 0 Å². The highest BCUT2D eigenvalue weighted by molar-refractivity contribution is 7.11. The molecule has 1 aliphatic carbocycles. The molecule has 2 atom stereocenters. The molecule has 0 spiro atoms. The standard InChI is InChI=1S/C10H16N2OS/c1-12(2)8-4-3-5-9(8)13-10-11-6-7-14-10/h6-9H,3-5H2,1-2H3. The fourth-order valence-electron chi connectivity index (χ4n) is 2.03. The number of hydrogen-bond acceptors (Lipinski definition) is 4. The molecule has 0 aromatic carbocycles. The molecule has 78 valence electrons. The predicted octanol–water partition coefficient (Wildman–Crippen LogP) is 2.00. The maximum atomic E-state index is 5.85. The number of nitrogens with zero attached hydrogens (tertiary/aromatic N) is 2. The van der Waals surface area contributed by atoms with Gasteiger partial charge in [0.15, 0.2) is 0 Å². The summed E-state index contributed by atoms with van der Waals surface area (Å²) in [5, 5.41) is 2.76. The molecule has 2 unspecified atom stereocenters. The Labute approximate surface area is 88.7 Å². The molecule has 0 N–H and O–H groups in total. The Kier molecular flexibility index (Phi) is 3.03. The first-order valence-electron chi connectivity index (χ1n) is 5.00. The van der Waals surface area contributed by atoms with Crippen molar-refractivity contribution in [3.63, 3.8) is 0 Å². The van der Waals surface area contributed by atoms with Crippen molar-refractivity contribution >= 4 is 11.3 Å². The van der Waals surface area contributed by atoms with Crippen LogP contribution in [0.25, 0.3) is 0 Å². The third kappa shape index (κ3) is 2.07. The van der Waals surface area contributed by atoms with Gasteiger partial charge in [-0.3, -0.25) is 0 Å². The van der Waals surface area contributed by atoms with Crippen molar-refractivity contribution in [2.75, 3.05) is 14.1 Å². The van der Waals surface area contributed by atoms with E-state index in [1.54, 1.807) is 17.5 Å². The Hall–Kier alpha value is -0.610. The summed E-state index contributed by atoms with van der Waals surface area (Å²) in [6, 6.07) is 0.555. The van der Waals surface area contributed by atoms with Crippen molar-refractivity contribution in [1.82, 2.24) is 9.88 Å². The largest absolute Gasteiger partial charge is 0.465 e. The monoisotopic (exact) mass is 212 g/mol. The van der Waals surface area contributed by atoms with E-state index in [-0.39, 0.29) is 0 Å². The van der Waals surface area contributed by atoms with E-state index < -0.39 is 0 Å². The fourth-order valence-corrected chi connectivity index (χ4v) is 2.57. The van der Waals surface area contributed by atoms with Crippen LogP contribution in [0.1, 0.15) is 19.3 Å². The number of ether oxygens (including phenoxy) is 1. The molecule has 1 aromatic heterocycles. The second-order valence-corrected chi connectivity index (χ2v) is 4.77. The average molecular weight is 212 g/mol. The smallest absolute Gasteiger partial charge is 0.273 e. The summed E-state index contributed by atoms with van der Waals surface area (Å²) in [5.74, 6) is 0. The van der Waals surface area contributed by atoms with Crippen LogP contribution in [-0.2, 0) is 0 Å². The number of aromatic nitrogens is 1. The molecule has 0 amide bonds. The molecule has 14 heavy (non-hydrogen) atoms. The van der Waals surface area contributed by atoms with Gasteiger partial charge in [0.2, 0.25) is 0 Å². The van der Waals surface area contributed by atoms with Crippen molar-refractivity contribution < 1.29 is 4.74 Å². The minimum Gasteiger partial charge on any atom is -0.465 e. The summed E-state index contributed by atoms with van der Waals surface area (Å²) in [4.78, 5) is 6.41. The van der Waals surface area contributed by atoms with Gasteiger partial charge in [0.25, 0.3) is 5.19 Å². The number of hydrogen-bond donors (Lipinski definition) is 0. The van der Waals surface area contributed by atoms with E-state index in [4.69, 9.17) is 4.74 Å². The molecule has 1 saturated carbocycles. The van der Waals surface area contributed by atoms with Gasteiger partial charge < -0.3 is 9.64 Å². The minimum absolute atomic E-state index is 0.330. The number of thiazole rings is 1. The molecule has 2 rings (SSSR count). The molecule has 0 saturated heterocycles. The van der Waals surface area contributed by atoms with Gasteiger partial charge in [-0.1, -0.05) is 11.3 Å². The Morgan fingerprint density at radius 2 is 2.36 bits per heavy atom. The normalized spacial score (nSPS) is 27.1. The van der Waals surface area contributed by atoms with Gasteiger partial charge in [-0.2, -0.15) is 0 Å². The van der Waals surface area contributed by atoms with E-state index in [2.05, 4.69) is 24.0 Å². The molecule has 3 nitrogen and oxygen atoms in total. The second-order valence-electron chi connectivity index (χ2n) is 3.92. The lowest BCUT2D eigenvalue weighted by atomic mass is 10.2. The van der Waals surface area contributed by atoms with Crippen LogP contribution in [0.5, 0.6) is 5.19 Å². The van der Waals surface area contributed by atoms with Crippen molar-refractivity contribution in [3.05, 3.63) is 11.6 Å². The Morgan fingerprint density at radius 3 is 3.00 bits per heavy atom. The van der Waals surface area contributed by atoms with E-state index in [9.17, 15) is 0 Å². The van der Waals surface area contributed by atoms with Crippen LogP contribution in [0.3, 0.4) is 0 Å². The third-order valence-electron chi connectivity index (χ3n) is 2.74. The van der Waals surface area contributed by atoms with Gasteiger partial charge in [0.05, 0.1) is 0 Å². The fraction of sp³-hybridized carbons (Fsp3) is 0.700. The SMILES string of the molecule is CN(C)C1CCCC1Oc1nccs1. The summed E-state index contributed by atoms with van der Waals surface area (Å²) in [6.07, 6.45) is 5.78. The van der Waals surface area contributed by atoms with Crippen LogP contribution in [0.2, 0.25) is 0 Å². The van der Waals surface area contributed by atoms with E-state index in [0.29, 0.717) is 12.1 Å². The first-order valence-corrected chi connectivity index (χ1v) is 5.88. The minimum atomic E-state index is 0.330. The highest BCUT2D eigenvalue weighted by atomic mass is 32.1. The lowest BCUT2D eigenvalue weighted by Crippen LogP contribution is -2.37. The molecular formula is C10H16N2OS. The zero-order valence-electron chi connectivity index (χ0n) is 8.64. The van der Waals surface area contributed by atoms with E-state index in [1.807, 2.05) is 5.38 Å². The molecule has 1 fully saturated rings.